The predicted molar refractivity (Wildman–Crippen MR) is 53.6 cm³/mol. The molecule has 7 nitrogen and oxygen atoms in total. The summed E-state index contributed by atoms with van der Waals surface area (Å²) < 4.78 is 5.00. The second-order valence-electron chi connectivity index (χ2n) is 3.84. The lowest BCUT2D eigenvalue weighted by atomic mass is 9.98. The van der Waals surface area contributed by atoms with Crippen LogP contribution in [0.2, 0.25) is 0 Å². The average molecular weight is 232 g/mol. The Balaban J connectivity index is 2.57. The fourth-order valence-electron chi connectivity index (χ4n) is 1.45. The highest BCUT2D eigenvalue weighted by Crippen LogP contribution is 2.15. The van der Waals surface area contributed by atoms with Crippen LogP contribution in [0.5, 0.6) is 0 Å². The third kappa shape index (κ3) is 2.91. The van der Waals surface area contributed by atoms with Gasteiger partial charge < -0.3 is 26.0 Å². The normalized spacial score (nSPS) is 26.4. The number of nitrogens with two attached hydrogens (primary N) is 1. The van der Waals surface area contributed by atoms with Gasteiger partial charge in [-0.05, 0) is 6.42 Å². The summed E-state index contributed by atoms with van der Waals surface area (Å²) in [4.78, 5) is 22.4. The minimum Gasteiger partial charge on any atom is -0.480 e. The Kier molecular flexibility index (Phi) is 4.22. The van der Waals surface area contributed by atoms with Gasteiger partial charge in [-0.25, -0.2) is 4.79 Å². The maximum Gasteiger partial charge on any atom is 0.326 e. The molecule has 1 aliphatic heterocycles. The lowest BCUT2D eigenvalue weighted by Gasteiger charge is -2.23. The van der Waals surface area contributed by atoms with Gasteiger partial charge in [0.2, 0.25) is 5.91 Å². The zero-order chi connectivity index (χ0) is 12.2. The van der Waals surface area contributed by atoms with Crippen LogP contribution in [-0.4, -0.2) is 53.5 Å². The standard InChI is InChI=1S/C9H16N2O5/c10-9(2-4-16-5-9)8(15)11-6(1-3-12)7(13)14/h6,12H,1-5,10H2,(H,11,15)(H,13,14)/t6-,9?/m1/s1. The van der Waals surface area contributed by atoms with Crippen molar-refractivity contribution in [2.75, 3.05) is 19.8 Å². The van der Waals surface area contributed by atoms with Crippen LogP contribution in [0.3, 0.4) is 0 Å². The van der Waals surface area contributed by atoms with E-state index in [0.29, 0.717) is 13.0 Å². The van der Waals surface area contributed by atoms with Gasteiger partial charge in [-0.15, -0.1) is 0 Å². The smallest absolute Gasteiger partial charge is 0.326 e. The first-order valence-corrected chi connectivity index (χ1v) is 5.01. The van der Waals surface area contributed by atoms with Gasteiger partial charge in [-0.1, -0.05) is 0 Å². The number of amides is 1. The Hall–Kier alpha value is -1.18. The van der Waals surface area contributed by atoms with E-state index in [1.165, 1.54) is 0 Å². The van der Waals surface area contributed by atoms with E-state index in [2.05, 4.69) is 5.32 Å². The van der Waals surface area contributed by atoms with E-state index in [1.807, 2.05) is 0 Å². The van der Waals surface area contributed by atoms with Crippen molar-refractivity contribution in [3.63, 3.8) is 0 Å². The second-order valence-corrected chi connectivity index (χ2v) is 3.84. The summed E-state index contributed by atoms with van der Waals surface area (Å²) in [6.45, 7) is 0.164. The molecule has 1 unspecified atom stereocenters. The number of nitrogens with one attached hydrogen (secondary N) is 1. The summed E-state index contributed by atoms with van der Waals surface area (Å²) in [5.74, 6) is -1.74. The molecule has 0 aromatic carbocycles. The van der Waals surface area contributed by atoms with Gasteiger partial charge in [0.05, 0.1) is 6.61 Å². The summed E-state index contributed by atoms with van der Waals surface area (Å²) in [6.07, 6.45) is 0.322. The van der Waals surface area contributed by atoms with Gasteiger partial charge in [-0.3, -0.25) is 4.79 Å². The number of carboxylic acids is 1. The molecule has 1 rings (SSSR count). The van der Waals surface area contributed by atoms with Crippen LogP contribution in [0, 0.1) is 0 Å². The molecule has 1 amide bonds. The van der Waals surface area contributed by atoms with Gasteiger partial charge >= 0.3 is 5.97 Å². The number of aliphatic hydroxyl groups excluding tert-OH is 1. The highest BCUT2D eigenvalue weighted by Gasteiger charge is 2.39. The largest absolute Gasteiger partial charge is 0.480 e. The summed E-state index contributed by atoms with van der Waals surface area (Å²) in [6, 6.07) is -1.11. The van der Waals surface area contributed by atoms with Gasteiger partial charge in [0, 0.05) is 19.6 Å². The van der Waals surface area contributed by atoms with Crippen LogP contribution in [0.4, 0.5) is 0 Å². The van der Waals surface area contributed by atoms with Crippen molar-refractivity contribution >= 4 is 11.9 Å². The predicted octanol–water partition coefficient (Wildman–Crippen LogP) is -1.94. The topological polar surface area (TPSA) is 122 Å². The maximum atomic E-state index is 11.7. The summed E-state index contributed by atoms with van der Waals surface area (Å²) in [5, 5.41) is 19.7. The molecule has 1 aliphatic rings. The number of aliphatic carboxylic acids is 1. The molecule has 7 heteroatoms. The second kappa shape index (κ2) is 5.24. The Labute approximate surface area is 92.6 Å². The van der Waals surface area contributed by atoms with Gasteiger partial charge in [0.25, 0.3) is 0 Å². The van der Waals surface area contributed by atoms with Crippen LogP contribution in [0.25, 0.3) is 0 Å². The number of hydrogen-bond donors (Lipinski definition) is 4. The van der Waals surface area contributed by atoms with Gasteiger partial charge in [0.1, 0.15) is 11.6 Å². The molecule has 0 bridgehead atoms. The molecule has 0 aliphatic carbocycles. The first-order chi connectivity index (χ1) is 7.49. The molecule has 0 aromatic heterocycles. The van der Waals surface area contributed by atoms with Crippen molar-refractivity contribution < 1.29 is 24.5 Å². The highest BCUT2D eigenvalue weighted by molar-refractivity contribution is 5.90. The van der Waals surface area contributed by atoms with Crippen LogP contribution in [0.15, 0.2) is 0 Å². The number of rotatable bonds is 5. The van der Waals surface area contributed by atoms with Crippen LogP contribution in [0.1, 0.15) is 12.8 Å². The van der Waals surface area contributed by atoms with E-state index in [0.717, 1.165) is 0 Å². The van der Waals surface area contributed by atoms with E-state index in [-0.39, 0.29) is 19.6 Å². The van der Waals surface area contributed by atoms with Crippen molar-refractivity contribution in [3.05, 3.63) is 0 Å². The summed E-state index contributed by atoms with van der Waals surface area (Å²) in [7, 11) is 0. The fraction of sp³-hybridized carbons (Fsp3) is 0.778. The molecule has 5 N–H and O–H groups in total. The van der Waals surface area contributed by atoms with Crippen LogP contribution >= 0.6 is 0 Å². The quantitative estimate of drug-likeness (QED) is 0.437. The lowest BCUT2D eigenvalue weighted by molar-refractivity contribution is -0.143. The Morgan fingerprint density at radius 1 is 1.56 bits per heavy atom. The van der Waals surface area contributed by atoms with Gasteiger partial charge in [-0.2, -0.15) is 0 Å². The van der Waals surface area contributed by atoms with E-state index >= 15 is 0 Å². The van der Waals surface area contributed by atoms with Crippen molar-refractivity contribution in [1.82, 2.24) is 5.32 Å². The molecule has 0 aromatic rings. The fourth-order valence-corrected chi connectivity index (χ4v) is 1.45. The Morgan fingerprint density at radius 3 is 2.69 bits per heavy atom. The Morgan fingerprint density at radius 2 is 2.25 bits per heavy atom. The molecule has 16 heavy (non-hydrogen) atoms. The number of carbonyl (C=O) groups is 2. The first-order valence-electron chi connectivity index (χ1n) is 5.01. The minimum atomic E-state index is -1.19. The SMILES string of the molecule is NC1(C(=O)N[C@H](CCO)C(=O)O)CCOC1. The molecule has 1 heterocycles. The minimum absolute atomic E-state index is 0.0436. The zero-order valence-corrected chi connectivity index (χ0v) is 8.81. The van der Waals surface area contributed by atoms with E-state index in [4.69, 9.17) is 20.7 Å². The number of carbonyl (C=O) groups excluding carboxylic acids is 1. The third-order valence-electron chi connectivity index (χ3n) is 2.53. The van der Waals surface area contributed by atoms with Crippen molar-refractivity contribution in [3.8, 4) is 0 Å². The van der Waals surface area contributed by atoms with Crippen molar-refractivity contribution in [2.45, 2.75) is 24.4 Å². The molecule has 0 radical (unpaired) electrons. The summed E-state index contributed by atoms with van der Waals surface area (Å²) >= 11 is 0. The first kappa shape index (κ1) is 12.9. The highest BCUT2D eigenvalue weighted by atomic mass is 16.5. The van der Waals surface area contributed by atoms with Crippen molar-refractivity contribution in [2.24, 2.45) is 5.73 Å². The van der Waals surface area contributed by atoms with E-state index in [1.54, 1.807) is 0 Å². The molecule has 0 saturated carbocycles. The van der Waals surface area contributed by atoms with E-state index in [9.17, 15) is 9.59 Å². The zero-order valence-electron chi connectivity index (χ0n) is 8.81. The maximum absolute atomic E-state index is 11.7. The van der Waals surface area contributed by atoms with Crippen molar-refractivity contribution in [1.29, 1.82) is 0 Å². The summed E-state index contributed by atoms with van der Waals surface area (Å²) in [5.41, 5.74) is 4.61. The molecule has 92 valence electrons. The molecular weight excluding hydrogens is 216 g/mol. The third-order valence-corrected chi connectivity index (χ3v) is 2.53. The Bertz CT molecular complexity index is 275. The molecule has 2 atom stereocenters. The monoisotopic (exact) mass is 232 g/mol. The number of hydrogen-bond acceptors (Lipinski definition) is 5. The molecule has 1 saturated heterocycles. The number of ether oxygens (including phenoxy) is 1. The molecular formula is C9H16N2O5. The lowest BCUT2D eigenvalue weighted by Crippen LogP contribution is -2.58. The van der Waals surface area contributed by atoms with Crippen LogP contribution in [-0.2, 0) is 14.3 Å². The number of aliphatic hydroxyl groups is 1. The van der Waals surface area contributed by atoms with E-state index < -0.39 is 23.5 Å². The number of carboxylic acid groups (broad SMARTS) is 1. The molecule has 1 fully saturated rings. The molecule has 0 spiro atoms. The average Bonchev–Trinajstić information content (AvgIpc) is 2.65. The van der Waals surface area contributed by atoms with Gasteiger partial charge in [0.15, 0.2) is 0 Å². The van der Waals surface area contributed by atoms with Crippen LogP contribution < -0.4 is 11.1 Å².